The predicted octanol–water partition coefficient (Wildman–Crippen LogP) is 4.31. The molecule has 0 aliphatic heterocycles. The number of fused-ring (bicyclic) bond motifs is 1. The number of pyridine rings is 1. The van der Waals surface area contributed by atoms with Crippen molar-refractivity contribution in [3.8, 4) is 0 Å². The molecule has 28 heavy (non-hydrogen) atoms. The van der Waals surface area contributed by atoms with Crippen LogP contribution in [0.3, 0.4) is 0 Å². The summed E-state index contributed by atoms with van der Waals surface area (Å²) in [6, 6.07) is 4.16. The number of imidazole rings is 1. The van der Waals surface area contributed by atoms with E-state index in [1.165, 1.54) is 19.3 Å². The van der Waals surface area contributed by atoms with Crippen LogP contribution in [0.2, 0.25) is 19.1 Å². The van der Waals surface area contributed by atoms with Gasteiger partial charge in [-0.05, 0) is 35.9 Å². The van der Waals surface area contributed by atoms with Gasteiger partial charge in [0.2, 0.25) is 0 Å². The van der Waals surface area contributed by atoms with Gasteiger partial charge in [0.1, 0.15) is 5.65 Å². The maximum Gasteiger partial charge on any atom is 0.361 e. The fourth-order valence-electron chi connectivity index (χ4n) is 3.70. The minimum atomic E-state index is -4.04. The summed E-state index contributed by atoms with van der Waals surface area (Å²) in [5.74, 6) is -3.72. The summed E-state index contributed by atoms with van der Waals surface area (Å²) < 4.78 is 43.1. The Kier molecular flexibility index (Phi) is 4.44. The highest BCUT2D eigenvalue weighted by Gasteiger charge is 2.54. The van der Waals surface area contributed by atoms with Crippen molar-refractivity contribution >= 4 is 20.0 Å². The first kappa shape index (κ1) is 18.9. The van der Waals surface area contributed by atoms with Gasteiger partial charge in [-0.3, -0.25) is 9.48 Å². The number of rotatable bonds is 6. The van der Waals surface area contributed by atoms with Gasteiger partial charge in [0, 0.05) is 18.6 Å². The summed E-state index contributed by atoms with van der Waals surface area (Å²) in [6.07, 6.45) is 8.59. The van der Waals surface area contributed by atoms with Gasteiger partial charge in [0.25, 0.3) is 0 Å². The number of halogens is 3. The number of carbonyl (C=O) groups is 1. The van der Waals surface area contributed by atoms with Crippen molar-refractivity contribution < 1.29 is 18.0 Å². The standard InChI is InChI=1S/C19H21F3N4OSi/c1-28(2,19(20,21)22)12-15-5-17(15)14-3-4-18-24-16(9-25(18)8-14)10-26-7-13(11-27)6-23-26/h3-4,6-9,11,15,17H,5,10,12H2,1-2H3. The largest absolute Gasteiger partial charge is 0.361 e. The first-order valence-electron chi connectivity index (χ1n) is 9.18. The second-order valence-corrected chi connectivity index (χ2v) is 13.0. The number of hydrogen-bond donors (Lipinski definition) is 0. The number of aldehydes is 1. The molecule has 5 nitrogen and oxygen atoms in total. The maximum absolute atomic E-state index is 13.2. The maximum atomic E-state index is 13.2. The van der Waals surface area contributed by atoms with Crippen molar-refractivity contribution in [3.05, 3.63) is 53.7 Å². The molecule has 0 radical (unpaired) electrons. The molecule has 0 bridgehead atoms. The average molecular weight is 406 g/mol. The molecule has 1 saturated carbocycles. The van der Waals surface area contributed by atoms with E-state index in [4.69, 9.17) is 0 Å². The molecule has 1 aliphatic carbocycles. The lowest BCUT2D eigenvalue weighted by atomic mass is 10.1. The zero-order valence-corrected chi connectivity index (χ0v) is 16.6. The van der Waals surface area contributed by atoms with Crippen LogP contribution in [0.25, 0.3) is 5.65 Å². The smallest absolute Gasteiger partial charge is 0.306 e. The predicted molar refractivity (Wildman–Crippen MR) is 101 cm³/mol. The van der Waals surface area contributed by atoms with E-state index in [1.807, 2.05) is 28.9 Å². The highest BCUT2D eigenvalue weighted by atomic mass is 28.3. The van der Waals surface area contributed by atoms with Gasteiger partial charge in [-0.2, -0.15) is 18.3 Å². The summed E-state index contributed by atoms with van der Waals surface area (Å²) in [4.78, 5) is 15.3. The molecule has 1 aliphatic rings. The van der Waals surface area contributed by atoms with Crippen LogP contribution < -0.4 is 0 Å². The fraction of sp³-hybridized carbons (Fsp3) is 0.421. The zero-order chi connectivity index (χ0) is 20.1. The minimum Gasteiger partial charge on any atom is -0.306 e. The molecule has 3 heterocycles. The highest BCUT2D eigenvalue weighted by Crippen LogP contribution is 2.53. The lowest BCUT2D eigenvalue weighted by Gasteiger charge is -2.25. The monoisotopic (exact) mass is 406 g/mol. The van der Waals surface area contributed by atoms with Gasteiger partial charge in [0.15, 0.2) is 14.4 Å². The van der Waals surface area contributed by atoms with Gasteiger partial charge in [-0.25, -0.2) is 4.98 Å². The van der Waals surface area contributed by atoms with Crippen molar-refractivity contribution in [1.29, 1.82) is 0 Å². The molecule has 2 atom stereocenters. The third-order valence-corrected chi connectivity index (χ3v) is 8.61. The van der Waals surface area contributed by atoms with Crippen LogP contribution in [-0.4, -0.2) is 39.3 Å². The molecule has 0 saturated heterocycles. The van der Waals surface area contributed by atoms with Crippen molar-refractivity contribution in [2.45, 2.75) is 43.8 Å². The molecule has 3 aromatic heterocycles. The Hall–Kier alpha value is -2.42. The molecule has 1 fully saturated rings. The summed E-state index contributed by atoms with van der Waals surface area (Å²) in [5.41, 5.74) is 3.16. The van der Waals surface area contributed by atoms with Gasteiger partial charge >= 0.3 is 5.80 Å². The molecule has 0 spiro atoms. The molecule has 148 valence electrons. The quantitative estimate of drug-likeness (QED) is 0.453. The van der Waals surface area contributed by atoms with Crippen molar-refractivity contribution in [1.82, 2.24) is 19.2 Å². The van der Waals surface area contributed by atoms with Gasteiger partial charge < -0.3 is 4.40 Å². The molecule has 4 rings (SSSR count). The van der Waals surface area contributed by atoms with Gasteiger partial charge in [-0.1, -0.05) is 19.2 Å². The summed E-state index contributed by atoms with van der Waals surface area (Å²) in [5, 5.41) is 4.12. The Balaban J connectivity index is 1.47. The van der Waals surface area contributed by atoms with E-state index < -0.39 is 13.9 Å². The van der Waals surface area contributed by atoms with E-state index in [0.717, 1.165) is 29.6 Å². The Bertz CT molecular complexity index is 1020. The van der Waals surface area contributed by atoms with Crippen LogP contribution in [0.15, 0.2) is 36.9 Å². The average Bonchev–Trinajstić information content (AvgIpc) is 3.03. The van der Waals surface area contributed by atoms with E-state index in [2.05, 4.69) is 10.1 Å². The van der Waals surface area contributed by atoms with Crippen LogP contribution in [0.4, 0.5) is 13.2 Å². The van der Waals surface area contributed by atoms with Crippen LogP contribution in [0.5, 0.6) is 0 Å². The van der Waals surface area contributed by atoms with Crippen LogP contribution in [0, 0.1) is 5.92 Å². The third-order valence-electron chi connectivity index (χ3n) is 5.53. The lowest BCUT2D eigenvalue weighted by Crippen LogP contribution is -2.44. The zero-order valence-electron chi connectivity index (χ0n) is 15.6. The molecule has 9 heteroatoms. The van der Waals surface area contributed by atoms with Gasteiger partial charge in [-0.15, -0.1) is 0 Å². The molecule has 2 unspecified atom stereocenters. The van der Waals surface area contributed by atoms with Crippen molar-refractivity contribution in [2.75, 3.05) is 0 Å². The second kappa shape index (κ2) is 6.58. The Labute approximate surface area is 161 Å². The van der Waals surface area contributed by atoms with Crippen LogP contribution in [-0.2, 0) is 6.54 Å². The number of nitrogens with zero attached hydrogens (tertiary/aromatic N) is 4. The normalized spacial score (nSPS) is 19.9. The Morgan fingerprint density at radius 2 is 2.04 bits per heavy atom. The van der Waals surface area contributed by atoms with E-state index in [1.54, 1.807) is 10.9 Å². The summed E-state index contributed by atoms with van der Waals surface area (Å²) >= 11 is 0. The lowest BCUT2D eigenvalue weighted by molar-refractivity contribution is -0.0564. The molecular weight excluding hydrogens is 385 g/mol. The van der Waals surface area contributed by atoms with Crippen molar-refractivity contribution in [3.63, 3.8) is 0 Å². The molecule has 3 aromatic rings. The van der Waals surface area contributed by atoms with E-state index >= 15 is 0 Å². The Morgan fingerprint density at radius 3 is 2.71 bits per heavy atom. The summed E-state index contributed by atoms with van der Waals surface area (Å²) in [7, 11) is -3.23. The first-order chi connectivity index (χ1) is 13.2. The minimum absolute atomic E-state index is 0.120. The van der Waals surface area contributed by atoms with E-state index in [9.17, 15) is 18.0 Å². The molecular formula is C19H21F3N4OSi. The van der Waals surface area contributed by atoms with Crippen molar-refractivity contribution in [2.24, 2.45) is 5.92 Å². The number of hydrogen-bond acceptors (Lipinski definition) is 3. The van der Waals surface area contributed by atoms with Gasteiger partial charge in [0.05, 0.1) is 24.0 Å². The third kappa shape index (κ3) is 3.63. The van der Waals surface area contributed by atoms with Crippen LogP contribution in [0.1, 0.15) is 34.0 Å². The fourth-order valence-corrected chi connectivity index (χ4v) is 5.70. The molecule has 0 aromatic carbocycles. The molecule has 0 N–H and O–H groups in total. The second-order valence-electron chi connectivity index (χ2n) is 8.24. The first-order valence-corrected chi connectivity index (χ1v) is 12.4. The highest BCUT2D eigenvalue weighted by molar-refractivity contribution is 6.79. The molecule has 0 amide bonds. The number of alkyl halides is 3. The topological polar surface area (TPSA) is 52.2 Å². The SMILES string of the molecule is C[Si](C)(CC1CC1c1ccc2nc(Cn3cc(C=O)cn3)cn2c1)C(F)(F)F. The summed E-state index contributed by atoms with van der Waals surface area (Å²) in [6.45, 7) is 3.28. The number of aromatic nitrogens is 4. The van der Waals surface area contributed by atoms with Crippen LogP contribution >= 0.6 is 0 Å². The Morgan fingerprint density at radius 1 is 1.25 bits per heavy atom. The van der Waals surface area contributed by atoms with E-state index in [-0.39, 0.29) is 17.9 Å². The number of carbonyl (C=O) groups excluding carboxylic acids is 1. The van der Waals surface area contributed by atoms with E-state index in [0.29, 0.717) is 12.1 Å².